The molecule has 0 saturated carbocycles. The van der Waals surface area contributed by atoms with Crippen LogP contribution in [-0.2, 0) is 4.79 Å². The Morgan fingerprint density at radius 2 is 1.66 bits per heavy atom. The molecule has 2 aromatic rings. The minimum absolute atomic E-state index is 0.181. The number of nitrogens with one attached hydrogen (secondary N) is 1. The second-order valence-corrected chi connectivity index (χ2v) is 7.73. The Labute approximate surface area is 188 Å². The molecule has 11 heteroatoms. The van der Waals surface area contributed by atoms with Crippen LogP contribution in [0.1, 0.15) is 10.4 Å². The molecule has 2 aliphatic heterocycles. The zero-order valence-electron chi connectivity index (χ0n) is 17.1. The Morgan fingerprint density at radius 1 is 1.03 bits per heavy atom. The molecule has 32 heavy (non-hydrogen) atoms. The monoisotopic (exact) mass is 460 g/mol. The van der Waals surface area contributed by atoms with Crippen molar-refractivity contribution in [1.29, 1.82) is 0 Å². The number of benzene rings is 2. The van der Waals surface area contributed by atoms with Gasteiger partial charge in [-0.1, -0.05) is 11.6 Å². The van der Waals surface area contributed by atoms with Crippen molar-refractivity contribution < 1.29 is 24.0 Å². The minimum atomic E-state index is -0.721. The normalized spacial score (nSPS) is 15.3. The van der Waals surface area contributed by atoms with Crippen LogP contribution in [0.4, 0.5) is 11.4 Å². The lowest BCUT2D eigenvalue weighted by molar-refractivity contribution is -0.385. The zero-order chi connectivity index (χ0) is 22.7. The van der Waals surface area contributed by atoms with Gasteiger partial charge < -0.3 is 24.6 Å². The van der Waals surface area contributed by atoms with Crippen molar-refractivity contribution in [2.45, 2.75) is 0 Å². The number of ether oxygens (including phenoxy) is 2. The number of nitrogens with zero attached hydrogens (tertiary/aromatic N) is 3. The highest BCUT2D eigenvalue weighted by Crippen LogP contribution is 2.36. The molecule has 0 bridgehead atoms. The van der Waals surface area contributed by atoms with Gasteiger partial charge >= 0.3 is 0 Å². The summed E-state index contributed by atoms with van der Waals surface area (Å²) in [6.45, 7) is 2.60. The Morgan fingerprint density at radius 3 is 2.28 bits per heavy atom. The lowest BCUT2D eigenvalue weighted by atomic mass is 10.1. The maximum absolute atomic E-state index is 12.6. The summed E-state index contributed by atoms with van der Waals surface area (Å²) < 4.78 is 10.7. The lowest BCUT2D eigenvalue weighted by Gasteiger charge is -2.36. The summed E-state index contributed by atoms with van der Waals surface area (Å²) in [6, 6.07) is 9.95. The molecule has 4 rings (SSSR count). The lowest BCUT2D eigenvalue weighted by Crippen LogP contribution is -2.51. The summed E-state index contributed by atoms with van der Waals surface area (Å²) in [5.74, 6) is -0.498. The average Bonchev–Trinajstić information content (AvgIpc) is 2.82. The van der Waals surface area contributed by atoms with Gasteiger partial charge in [-0.05, 0) is 24.3 Å². The fraction of sp³-hybridized carbons (Fsp3) is 0.333. The molecule has 1 saturated heterocycles. The highest BCUT2D eigenvalue weighted by Gasteiger charge is 2.27. The first-order chi connectivity index (χ1) is 15.4. The quantitative estimate of drug-likeness (QED) is 0.536. The van der Waals surface area contributed by atoms with E-state index in [1.165, 1.54) is 12.1 Å². The second kappa shape index (κ2) is 9.31. The van der Waals surface area contributed by atoms with Gasteiger partial charge in [0.1, 0.15) is 18.8 Å². The van der Waals surface area contributed by atoms with Gasteiger partial charge in [0.25, 0.3) is 11.6 Å². The van der Waals surface area contributed by atoms with E-state index in [1.807, 2.05) is 24.3 Å². The summed E-state index contributed by atoms with van der Waals surface area (Å²) in [5.41, 5.74) is 0.441. The number of anilines is 1. The molecular weight excluding hydrogens is 440 g/mol. The molecular formula is C21H21ClN4O6. The molecule has 1 fully saturated rings. The Kier molecular flexibility index (Phi) is 6.31. The first kappa shape index (κ1) is 21.7. The van der Waals surface area contributed by atoms with Crippen LogP contribution in [0.2, 0.25) is 5.02 Å². The summed E-state index contributed by atoms with van der Waals surface area (Å²) in [5, 5.41) is 14.6. The van der Waals surface area contributed by atoms with E-state index in [0.717, 1.165) is 5.69 Å². The molecule has 0 atom stereocenters. The first-order valence-electron chi connectivity index (χ1n) is 10.1. The van der Waals surface area contributed by atoms with Crippen LogP contribution >= 0.6 is 11.6 Å². The standard InChI is InChI=1S/C21H21ClN4O6/c22-14-1-3-15(4-2-14)24-5-7-25(8-6-24)20(27)13-23-21(28)16-11-18-19(32-10-9-31-18)12-17(16)26(29)30/h1-4,11-12H,5-10,13H2,(H,23,28). The number of hydrogen-bond donors (Lipinski definition) is 1. The summed E-state index contributed by atoms with van der Waals surface area (Å²) >= 11 is 5.93. The molecule has 0 unspecified atom stereocenters. The van der Waals surface area contributed by atoms with Gasteiger partial charge in [0.05, 0.1) is 17.5 Å². The number of hydrogen-bond acceptors (Lipinski definition) is 7. The third-order valence-corrected chi connectivity index (χ3v) is 5.58. The molecule has 0 radical (unpaired) electrons. The van der Waals surface area contributed by atoms with Gasteiger partial charge in [-0.25, -0.2) is 0 Å². The van der Waals surface area contributed by atoms with Crippen LogP contribution in [0.25, 0.3) is 0 Å². The second-order valence-electron chi connectivity index (χ2n) is 7.30. The molecule has 168 valence electrons. The topological polar surface area (TPSA) is 114 Å². The van der Waals surface area contributed by atoms with Gasteiger partial charge in [-0.2, -0.15) is 0 Å². The molecule has 0 aromatic heterocycles. The van der Waals surface area contributed by atoms with E-state index < -0.39 is 16.5 Å². The van der Waals surface area contributed by atoms with Crippen molar-refractivity contribution in [3.05, 3.63) is 57.1 Å². The van der Waals surface area contributed by atoms with Crippen LogP contribution in [-0.4, -0.2) is 67.6 Å². The van der Waals surface area contributed by atoms with Crippen molar-refractivity contribution >= 4 is 34.8 Å². The molecule has 2 aliphatic rings. The first-order valence-corrected chi connectivity index (χ1v) is 10.4. The average molecular weight is 461 g/mol. The fourth-order valence-corrected chi connectivity index (χ4v) is 3.77. The SMILES string of the molecule is O=C(NCC(=O)N1CCN(c2ccc(Cl)cc2)CC1)c1cc2c(cc1[N+](=O)[O-])OCCO2. The predicted molar refractivity (Wildman–Crippen MR) is 117 cm³/mol. The number of nitro benzene ring substituents is 1. The van der Waals surface area contributed by atoms with Gasteiger partial charge in [-0.15, -0.1) is 0 Å². The number of piperazine rings is 1. The number of amides is 2. The van der Waals surface area contributed by atoms with Crippen LogP contribution < -0.4 is 19.7 Å². The van der Waals surface area contributed by atoms with Crippen molar-refractivity contribution in [2.75, 3.05) is 50.8 Å². The smallest absolute Gasteiger partial charge is 0.286 e. The highest BCUT2D eigenvalue weighted by molar-refractivity contribution is 6.30. The van der Waals surface area contributed by atoms with Crippen LogP contribution in [0, 0.1) is 10.1 Å². The Bertz CT molecular complexity index is 1040. The number of nitro groups is 1. The van der Waals surface area contributed by atoms with E-state index >= 15 is 0 Å². The number of carbonyl (C=O) groups excluding carboxylic acids is 2. The van der Waals surface area contributed by atoms with Crippen molar-refractivity contribution in [1.82, 2.24) is 10.2 Å². The molecule has 2 aromatic carbocycles. The molecule has 1 N–H and O–H groups in total. The molecule has 0 aliphatic carbocycles. The van der Waals surface area contributed by atoms with E-state index in [2.05, 4.69) is 10.2 Å². The van der Waals surface area contributed by atoms with E-state index in [4.69, 9.17) is 21.1 Å². The Balaban J connectivity index is 1.35. The maximum atomic E-state index is 12.6. The van der Waals surface area contributed by atoms with E-state index in [1.54, 1.807) is 4.90 Å². The third-order valence-electron chi connectivity index (χ3n) is 5.33. The fourth-order valence-electron chi connectivity index (χ4n) is 3.64. The van der Waals surface area contributed by atoms with Crippen molar-refractivity contribution in [3.63, 3.8) is 0 Å². The van der Waals surface area contributed by atoms with E-state index in [-0.39, 0.29) is 42.7 Å². The summed E-state index contributed by atoms with van der Waals surface area (Å²) in [7, 11) is 0. The van der Waals surface area contributed by atoms with E-state index in [0.29, 0.717) is 31.2 Å². The van der Waals surface area contributed by atoms with Gasteiger partial charge in [0.2, 0.25) is 5.91 Å². The third kappa shape index (κ3) is 4.70. The predicted octanol–water partition coefficient (Wildman–Crippen LogP) is 2.10. The van der Waals surface area contributed by atoms with Crippen molar-refractivity contribution in [3.8, 4) is 11.5 Å². The molecule has 2 amide bonds. The van der Waals surface area contributed by atoms with Gasteiger partial charge in [0.15, 0.2) is 11.5 Å². The zero-order valence-corrected chi connectivity index (χ0v) is 17.8. The minimum Gasteiger partial charge on any atom is -0.486 e. The number of halogens is 1. The highest BCUT2D eigenvalue weighted by atomic mass is 35.5. The molecule has 10 nitrogen and oxygen atoms in total. The van der Waals surface area contributed by atoms with Crippen LogP contribution in [0.3, 0.4) is 0 Å². The number of rotatable bonds is 5. The summed E-state index contributed by atoms with van der Waals surface area (Å²) in [6.07, 6.45) is 0. The Hall–Kier alpha value is -3.53. The van der Waals surface area contributed by atoms with E-state index in [9.17, 15) is 19.7 Å². The van der Waals surface area contributed by atoms with Crippen LogP contribution in [0.5, 0.6) is 11.5 Å². The number of fused-ring (bicyclic) bond motifs is 1. The van der Waals surface area contributed by atoms with Gasteiger partial charge in [0, 0.05) is 43.0 Å². The summed E-state index contributed by atoms with van der Waals surface area (Å²) in [4.78, 5) is 39.7. The van der Waals surface area contributed by atoms with Crippen LogP contribution in [0.15, 0.2) is 36.4 Å². The van der Waals surface area contributed by atoms with Crippen molar-refractivity contribution in [2.24, 2.45) is 0 Å². The maximum Gasteiger partial charge on any atom is 0.286 e. The van der Waals surface area contributed by atoms with Gasteiger partial charge in [-0.3, -0.25) is 19.7 Å². The molecule has 2 heterocycles. The molecule has 0 spiro atoms. The number of carbonyl (C=O) groups is 2. The largest absolute Gasteiger partial charge is 0.486 e.